The van der Waals surface area contributed by atoms with E-state index in [1.165, 1.54) is 31.2 Å². The van der Waals surface area contributed by atoms with Gasteiger partial charge in [-0.2, -0.15) is 0 Å². The van der Waals surface area contributed by atoms with Gasteiger partial charge in [-0.15, -0.1) is 11.3 Å². The Hall–Kier alpha value is -3.25. The van der Waals surface area contributed by atoms with Gasteiger partial charge in [0.05, 0.1) is 5.69 Å². The summed E-state index contributed by atoms with van der Waals surface area (Å²) in [5.41, 5.74) is 1.53. The molecule has 0 saturated heterocycles. The van der Waals surface area contributed by atoms with Gasteiger partial charge >= 0.3 is 0 Å². The number of amides is 2. The van der Waals surface area contributed by atoms with Crippen LogP contribution in [0.3, 0.4) is 0 Å². The molecule has 136 valence electrons. The van der Waals surface area contributed by atoms with Crippen LogP contribution in [0.15, 0.2) is 66.7 Å². The van der Waals surface area contributed by atoms with E-state index >= 15 is 0 Å². The van der Waals surface area contributed by atoms with E-state index in [9.17, 15) is 14.0 Å². The molecule has 0 bridgehead atoms. The van der Waals surface area contributed by atoms with Gasteiger partial charge in [0.15, 0.2) is 0 Å². The van der Waals surface area contributed by atoms with Crippen molar-refractivity contribution >= 4 is 40.6 Å². The van der Waals surface area contributed by atoms with Crippen LogP contribution < -0.4 is 10.6 Å². The summed E-state index contributed by atoms with van der Waals surface area (Å²) in [5.74, 6) is -1.30. The summed E-state index contributed by atoms with van der Waals surface area (Å²) in [5, 5.41) is 5.03. The quantitative estimate of drug-likeness (QED) is 0.600. The summed E-state index contributed by atoms with van der Waals surface area (Å²) in [4.78, 5) is 25.2. The van der Waals surface area contributed by atoms with Crippen LogP contribution in [-0.2, 0) is 9.59 Å². The van der Waals surface area contributed by atoms with Crippen LogP contribution in [0.5, 0.6) is 0 Å². The van der Waals surface area contributed by atoms with Crippen LogP contribution in [0.25, 0.3) is 16.5 Å². The number of anilines is 2. The highest BCUT2D eigenvalue weighted by Gasteiger charge is 2.07. The van der Waals surface area contributed by atoms with Crippen molar-refractivity contribution in [3.05, 3.63) is 77.4 Å². The second-order valence-corrected chi connectivity index (χ2v) is 6.88. The van der Waals surface area contributed by atoms with Crippen LogP contribution in [0, 0.1) is 5.82 Å². The van der Waals surface area contributed by atoms with E-state index in [2.05, 4.69) is 10.6 Å². The average molecular weight is 380 g/mol. The Morgan fingerprint density at radius 2 is 1.78 bits per heavy atom. The molecule has 1 aromatic heterocycles. The lowest BCUT2D eigenvalue weighted by atomic mass is 10.2. The highest BCUT2D eigenvalue weighted by atomic mass is 32.1. The fraction of sp³-hybridized carbons (Fsp3) is 0.0476. The maximum Gasteiger partial charge on any atom is 0.248 e. The molecule has 0 radical (unpaired) electrons. The molecule has 0 fully saturated rings. The molecule has 0 aliphatic heterocycles. The molecular formula is C21H17FN2O2S. The van der Waals surface area contributed by atoms with Gasteiger partial charge in [0.2, 0.25) is 11.8 Å². The minimum atomic E-state index is -0.576. The van der Waals surface area contributed by atoms with Gasteiger partial charge in [0, 0.05) is 28.4 Å². The number of carbonyl (C=O) groups is 2. The largest absolute Gasteiger partial charge is 0.326 e. The number of nitrogens with one attached hydrogen (secondary N) is 2. The number of carbonyl (C=O) groups excluding carboxylic acids is 2. The maximum absolute atomic E-state index is 13.9. The van der Waals surface area contributed by atoms with E-state index in [0.29, 0.717) is 5.69 Å². The monoisotopic (exact) mass is 380 g/mol. The minimum absolute atomic E-state index is 0.00653. The SMILES string of the molecule is CC(=O)Nc1ccc(F)c(NC(=O)/C=C/c2ccc(-c3ccccc3)s2)c1. The van der Waals surface area contributed by atoms with Crippen molar-refractivity contribution in [1.82, 2.24) is 0 Å². The Morgan fingerprint density at radius 3 is 2.52 bits per heavy atom. The summed E-state index contributed by atoms with van der Waals surface area (Å²) in [7, 11) is 0. The molecule has 0 aliphatic carbocycles. The molecule has 2 amide bonds. The van der Waals surface area contributed by atoms with Gasteiger partial charge < -0.3 is 10.6 Å². The zero-order valence-electron chi connectivity index (χ0n) is 14.5. The highest BCUT2D eigenvalue weighted by molar-refractivity contribution is 7.16. The molecule has 0 atom stereocenters. The third-order valence-electron chi connectivity index (χ3n) is 3.63. The normalized spacial score (nSPS) is 10.7. The molecule has 6 heteroatoms. The Kier molecular flexibility index (Phi) is 5.78. The predicted molar refractivity (Wildman–Crippen MR) is 108 cm³/mol. The number of rotatable bonds is 5. The van der Waals surface area contributed by atoms with Crippen molar-refractivity contribution in [1.29, 1.82) is 0 Å². The van der Waals surface area contributed by atoms with E-state index in [0.717, 1.165) is 15.3 Å². The van der Waals surface area contributed by atoms with Gasteiger partial charge in [0.25, 0.3) is 0 Å². The molecule has 0 saturated carbocycles. The van der Waals surface area contributed by atoms with Crippen molar-refractivity contribution in [3.63, 3.8) is 0 Å². The number of benzene rings is 2. The Bertz CT molecular complexity index is 996. The van der Waals surface area contributed by atoms with Crippen molar-refractivity contribution in [2.24, 2.45) is 0 Å². The highest BCUT2D eigenvalue weighted by Crippen LogP contribution is 2.28. The van der Waals surface area contributed by atoms with E-state index < -0.39 is 11.7 Å². The van der Waals surface area contributed by atoms with Crippen LogP contribution in [0.1, 0.15) is 11.8 Å². The fourth-order valence-electron chi connectivity index (χ4n) is 2.43. The lowest BCUT2D eigenvalue weighted by Gasteiger charge is -2.07. The van der Waals surface area contributed by atoms with E-state index in [1.807, 2.05) is 42.5 Å². The number of thiophene rings is 1. The first-order chi connectivity index (χ1) is 13.0. The summed E-state index contributed by atoms with van der Waals surface area (Å²) in [6, 6.07) is 17.9. The second-order valence-electron chi connectivity index (χ2n) is 5.77. The standard InChI is InChI=1S/C21H17FN2O2S/c1-14(25)23-16-7-10-18(22)19(13-16)24-21(26)12-9-17-8-11-20(27-17)15-5-3-2-4-6-15/h2-13H,1H3,(H,23,25)(H,24,26)/b12-9+. The van der Waals surface area contributed by atoms with E-state index in [4.69, 9.17) is 0 Å². The lowest BCUT2D eigenvalue weighted by molar-refractivity contribution is -0.114. The summed E-state index contributed by atoms with van der Waals surface area (Å²) < 4.78 is 13.9. The fourth-order valence-corrected chi connectivity index (χ4v) is 3.35. The van der Waals surface area contributed by atoms with Gasteiger partial charge in [-0.05, 0) is 42.0 Å². The minimum Gasteiger partial charge on any atom is -0.326 e. The van der Waals surface area contributed by atoms with E-state index in [1.54, 1.807) is 17.4 Å². The van der Waals surface area contributed by atoms with Crippen LogP contribution in [0.2, 0.25) is 0 Å². The first-order valence-corrected chi connectivity index (χ1v) is 9.04. The molecular weight excluding hydrogens is 363 g/mol. The smallest absolute Gasteiger partial charge is 0.248 e. The lowest BCUT2D eigenvalue weighted by Crippen LogP contribution is -2.11. The molecule has 3 rings (SSSR count). The predicted octanol–water partition coefficient (Wildman–Crippen LogP) is 5.16. The van der Waals surface area contributed by atoms with Gasteiger partial charge in [0.1, 0.15) is 5.82 Å². The third-order valence-corrected chi connectivity index (χ3v) is 4.73. The van der Waals surface area contributed by atoms with Crippen molar-refractivity contribution in [2.45, 2.75) is 6.92 Å². The van der Waals surface area contributed by atoms with Crippen molar-refractivity contribution in [2.75, 3.05) is 10.6 Å². The molecule has 0 spiro atoms. The Balaban J connectivity index is 1.67. The van der Waals surface area contributed by atoms with Crippen LogP contribution >= 0.6 is 11.3 Å². The van der Waals surface area contributed by atoms with Gasteiger partial charge in [-0.3, -0.25) is 9.59 Å². The molecule has 27 heavy (non-hydrogen) atoms. The molecule has 4 nitrogen and oxygen atoms in total. The summed E-state index contributed by atoms with van der Waals surface area (Å²) in [6.45, 7) is 1.36. The van der Waals surface area contributed by atoms with Crippen LogP contribution in [-0.4, -0.2) is 11.8 Å². The number of halogens is 1. The molecule has 2 N–H and O–H groups in total. The summed E-state index contributed by atoms with van der Waals surface area (Å²) in [6.07, 6.45) is 3.03. The van der Waals surface area contributed by atoms with Crippen molar-refractivity contribution in [3.8, 4) is 10.4 Å². The first kappa shape index (κ1) is 18.5. The Morgan fingerprint density at radius 1 is 1.00 bits per heavy atom. The molecule has 1 heterocycles. The maximum atomic E-state index is 13.9. The average Bonchev–Trinajstić information content (AvgIpc) is 3.12. The first-order valence-electron chi connectivity index (χ1n) is 8.23. The zero-order valence-corrected chi connectivity index (χ0v) is 15.3. The van der Waals surface area contributed by atoms with Gasteiger partial charge in [-0.1, -0.05) is 30.3 Å². The molecule has 2 aromatic carbocycles. The number of hydrogen-bond donors (Lipinski definition) is 2. The number of hydrogen-bond acceptors (Lipinski definition) is 3. The third kappa shape index (κ3) is 5.12. The summed E-state index contributed by atoms with van der Waals surface area (Å²) >= 11 is 1.56. The van der Waals surface area contributed by atoms with Crippen LogP contribution in [0.4, 0.5) is 15.8 Å². The molecule has 3 aromatic rings. The zero-order chi connectivity index (χ0) is 19.2. The Labute approximate surface area is 160 Å². The molecule has 0 aliphatic rings. The van der Waals surface area contributed by atoms with Crippen molar-refractivity contribution < 1.29 is 14.0 Å². The van der Waals surface area contributed by atoms with E-state index in [-0.39, 0.29) is 11.6 Å². The van der Waals surface area contributed by atoms with Gasteiger partial charge in [-0.25, -0.2) is 4.39 Å². The molecule has 0 unspecified atom stereocenters. The second kappa shape index (κ2) is 8.42. The topological polar surface area (TPSA) is 58.2 Å².